The van der Waals surface area contributed by atoms with Crippen LogP contribution < -0.4 is 4.90 Å². The summed E-state index contributed by atoms with van der Waals surface area (Å²) < 4.78 is 77.9. The second kappa shape index (κ2) is 6.44. The average molecular weight is 379 g/mol. The first-order chi connectivity index (χ1) is 12.0. The van der Waals surface area contributed by atoms with E-state index in [0.29, 0.717) is 31.8 Å². The molecule has 3 heterocycles. The Balaban J connectivity index is 1.70. The van der Waals surface area contributed by atoms with Gasteiger partial charge in [-0.3, -0.25) is 0 Å². The van der Waals surface area contributed by atoms with Crippen LogP contribution in [-0.4, -0.2) is 33.1 Å². The third-order valence-corrected chi connectivity index (χ3v) is 4.19. The van der Waals surface area contributed by atoms with Crippen LogP contribution in [0.4, 0.5) is 32.3 Å². The van der Waals surface area contributed by atoms with E-state index in [4.69, 9.17) is 0 Å². The minimum Gasteiger partial charge on any atom is -0.344 e. The molecule has 5 nitrogen and oxygen atoms in total. The number of anilines is 1. The number of nitrogens with zero attached hydrogens (tertiary/aromatic N) is 5. The van der Waals surface area contributed by atoms with E-state index >= 15 is 0 Å². The van der Waals surface area contributed by atoms with Crippen molar-refractivity contribution in [1.29, 1.82) is 0 Å². The molecule has 1 atom stereocenters. The molecule has 0 fully saturated rings. The van der Waals surface area contributed by atoms with Gasteiger partial charge in [-0.25, -0.2) is 15.0 Å². The zero-order valence-electron chi connectivity index (χ0n) is 13.6. The Hall–Kier alpha value is -2.33. The maximum absolute atomic E-state index is 12.7. The van der Waals surface area contributed by atoms with Gasteiger partial charge in [0.2, 0.25) is 5.95 Å². The lowest BCUT2D eigenvalue weighted by Crippen LogP contribution is -2.32. The third-order valence-electron chi connectivity index (χ3n) is 4.19. The van der Waals surface area contributed by atoms with Gasteiger partial charge in [0, 0.05) is 39.0 Å². The lowest BCUT2D eigenvalue weighted by molar-refractivity contribution is -0.141. The van der Waals surface area contributed by atoms with Gasteiger partial charge in [-0.1, -0.05) is 0 Å². The lowest BCUT2D eigenvalue weighted by atomic mass is 9.99. The Morgan fingerprint density at radius 2 is 1.81 bits per heavy atom. The summed E-state index contributed by atoms with van der Waals surface area (Å²) >= 11 is 0. The van der Waals surface area contributed by atoms with Gasteiger partial charge in [-0.15, -0.1) is 0 Å². The molecule has 0 saturated heterocycles. The Bertz CT molecular complexity index is 782. The van der Waals surface area contributed by atoms with Crippen molar-refractivity contribution in [1.82, 2.24) is 19.5 Å². The predicted octanol–water partition coefficient (Wildman–Crippen LogP) is 3.41. The molecule has 0 amide bonds. The largest absolute Gasteiger partial charge is 0.434 e. The monoisotopic (exact) mass is 379 g/mol. The highest BCUT2D eigenvalue weighted by molar-refractivity contribution is 5.29. The number of hydrogen-bond acceptors (Lipinski definition) is 4. The Morgan fingerprint density at radius 1 is 1.12 bits per heavy atom. The number of hydrogen-bond donors (Lipinski definition) is 0. The smallest absolute Gasteiger partial charge is 0.344 e. The first-order valence-electron chi connectivity index (χ1n) is 7.78. The molecule has 0 saturated carbocycles. The van der Waals surface area contributed by atoms with Crippen molar-refractivity contribution in [3.63, 3.8) is 0 Å². The number of fused-ring (bicyclic) bond motifs is 1. The molecule has 1 unspecified atom stereocenters. The molecule has 26 heavy (non-hydrogen) atoms. The molecule has 0 aromatic carbocycles. The van der Waals surface area contributed by atoms with Crippen LogP contribution in [0, 0.1) is 5.92 Å². The average Bonchev–Trinajstić information content (AvgIpc) is 2.98. The Kier molecular flexibility index (Phi) is 4.57. The van der Waals surface area contributed by atoms with E-state index in [0.717, 1.165) is 18.5 Å². The normalized spacial score (nSPS) is 17.9. The van der Waals surface area contributed by atoms with E-state index in [1.807, 2.05) is 0 Å². The van der Waals surface area contributed by atoms with Crippen LogP contribution in [0.15, 0.2) is 18.5 Å². The maximum Gasteiger partial charge on any atom is 0.434 e. The second-order valence-corrected chi connectivity index (χ2v) is 6.22. The van der Waals surface area contributed by atoms with E-state index in [2.05, 4.69) is 15.0 Å². The van der Waals surface area contributed by atoms with E-state index in [1.54, 1.807) is 7.05 Å². The van der Waals surface area contributed by atoms with Crippen molar-refractivity contribution in [2.45, 2.75) is 31.7 Å². The van der Waals surface area contributed by atoms with E-state index in [1.165, 1.54) is 9.47 Å². The molecule has 142 valence electrons. The summed E-state index contributed by atoms with van der Waals surface area (Å²) in [7, 11) is 1.56. The zero-order chi connectivity index (χ0) is 19.1. The topological polar surface area (TPSA) is 46.8 Å². The number of imidazole rings is 1. The van der Waals surface area contributed by atoms with E-state index in [-0.39, 0.29) is 11.9 Å². The number of alkyl halides is 6. The van der Waals surface area contributed by atoms with E-state index < -0.39 is 23.7 Å². The summed E-state index contributed by atoms with van der Waals surface area (Å²) in [4.78, 5) is 12.4. The first-order valence-corrected chi connectivity index (χ1v) is 7.78. The van der Waals surface area contributed by atoms with Crippen LogP contribution in [0.5, 0.6) is 0 Å². The van der Waals surface area contributed by atoms with Crippen LogP contribution in [0.3, 0.4) is 0 Å². The molecule has 1 aliphatic heterocycles. The fraction of sp³-hybridized carbons (Fsp3) is 0.533. The van der Waals surface area contributed by atoms with Gasteiger partial charge in [-0.2, -0.15) is 26.3 Å². The SMILES string of the molecule is CN(CC1CCc2nc(C(F)(F)F)cn2C1)c1nccc(C(F)(F)F)n1. The summed E-state index contributed by atoms with van der Waals surface area (Å²) in [5.74, 6) is 0.236. The number of halogens is 6. The molecule has 2 aromatic rings. The van der Waals surface area contributed by atoms with E-state index in [9.17, 15) is 26.3 Å². The third kappa shape index (κ3) is 3.91. The second-order valence-electron chi connectivity index (χ2n) is 6.22. The molecular formula is C15H15F6N5. The minimum atomic E-state index is -4.57. The molecule has 3 rings (SSSR count). The molecule has 0 N–H and O–H groups in total. The first kappa shape index (κ1) is 18.5. The van der Waals surface area contributed by atoms with Crippen LogP contribution in [-0.2, 0) is 25.3 Å². The van der Waals surface area contributed by atoms with Gasteiger partial charge < -0.3 is 9.47 Å². The van der Waals surface area contributed by atoms with Crippen molar-refractivity contribution in [3.05, 3.63) is 35.7 Å². The van der Waals surface area contributed by atoms with Gasteiger partial charge in [0.25, 0.3) is 0 Å². The van der Waals surface area contributed by atoms with Crippen LogP contribution in [0.1, 0.15) is 23.6 Å². The Labute approximate surface area is 144 Å². The van der Waals surface area contributed by atoms with Crippen LogP contribution in [0.2, 0.25) is 0 Å². The van der Waals surface area contributed by atoms with Crippen molar-refractivity contribution in [2.75, 3.05) is 18.5 Å². The lowest BCUT2D eigenvalue weighted by Gasteiger charge is -2.28. The quantitative estimate of drug-likeness (QED) is 0.767. The predicted molar refractivity (Wildman–Crippen MR) is 79.3 cm³/mol. The standard InChI is InChI=1S/C15H15F6N5/c1-25(13-22-5-4-10(24-13)14(16,17)18)6-9-2-3-12-23-11(15(19,20)21)8-26(12)7-9/h4-5,8-9H,2-3,6-7H2,1H3. The van der Waals surface area contributed by atoms with Gasteiger partial charge in [0.15, 0.2) is 5.69 Å². The summed E-state index contributed by atoms with van der Waals surface area (Å²) in [6, 6.07) is 0.786. The van der Waals surface area contributed by atoms with Gasteiger partial charge >= 0.3 is 12.4 Å². The molecule has 1 aliphatic rings. The van der Waals surface area contributed by atoms with Gasteiger partial charge in [0.1, 0.15) is 11.5 Å². The molecule has 0 aliphatic carbocycles. The zero-order valence-corrected chi connectivity index (χ0v) is 13.6. The Morgan fingerprint density at radius 3 is 2.46 bits per heavy atom. The highest BCUT2D eigenvalue weighted by atomic mass is 19.4. The van der Waals surface area contributed by atoms with Crippen LogP contribution >= 0.6 is 0 Å². The maximum atomic E-state index is 12.7. The molecular weight excluding hydrogens is 364 g/mol. The fourth-order valence-corrected chi connectivity index (χ4v) is 2.96. The molecule has 0 radical (unpaired) electrons. The van der Waals surface area contributed by atoms with Crippen molar-refractivity contribution < 1.29 is 26.3 Å². The van der Waals surface area contributed by atoms with Gasteiger partial charge in [-0.05, 0) is 18.4 Å². The minimum absolute atomic E-state index is 0.0547. The molecule has 11 heteroatoms. The molecule has 2 aromatic heterocycles. The van der Waals surface area contributed by atoms with Crippen molar-refractivity contribution in [2.24, 2.45) is 5.92 Å². The highest BCUT2D eigenvalue weighted by Gasteiger charge is 2.36. The number of aromatic nitrogens is 4. The highest BCUT2D eigenvalue weighted by Crippen LogP contribution is 2.31. The fourth-order valence-electron chi connectivity index (χ4n) is 2.96. The van der Waals surface area contributed by atoms with Crippen molar-refractivity contribution in [3.8, 4) is 0 Å². The summed E-state index contributed by atoms with van der Waals surface area (Å²) in [6.45, 7) is 0.627. The summed E-state index contributed by atoms with van der Waals surface area (Å²) in [6.07, 6.45) is -6.10. The molecule has 0 bridgehead atoms. The number of rotatable bonds is 3. The summed E-state index contributed by atoms with van der Waals surface area (Å²) in [5.41, 5.74) is -1.97. The van der Waals surface area contributed by atoms with Crippen molar-refractivity contribution >= 4 is 5.95 Å². The molecule has 0 spiro atoms. The van der Waals surface area contributed by atoms with Gasteiger partial charge in [0.05, 0.1) is 0 Å². The number of aryl methyl sites for hydroxylation is 1. The summed E-state index contributed by atoms with van der Waals surface area (Å²) in [5, 5.41) is 0. The van der Waals surface area contributed by atoms with Crippen LogP contribution in [0.25, 0.3) is 0 Å².